The predicted octanol–water partition coefficient (Wildman–Crippen LogP) is 2.19. The molecule has 6 nitrogen and oxygen atoms in total. The third kappa shape index (κ3) is 5.13. The molecule has 0 bridgehead atoms. The molecule has 0 fully saturated rings. The molecule has 1 aromatic heterocycles. The quantitative estimate of drug-likeness (QED) is 0.594. The number of carbonyl (C=O) groups is 1. The normalized spacial score (nSPS) is 11.1. The molecule has 0 atom stereocenters. The van der Waals surface area contributed by atoms with Crippen molar-refractivity contribution in [1.82, 2.24) is 25.6 Å². The second kappa shape index (κ2) is 8.77. The number of nitrogens with one attached hydrogen (secondary N) is 2. The van der Waals surface area contributed by atoms with E-state index in [-0.39, 0.29) is 24.6 Å². The lowest BCUT2D eigenvalue weighted by atomic mass is 10.2. The summed E-state index contributed by atoms with van der Waals surface area (Å²) in [5.41, 5.74) is -2.38. The molecule has 0 saturated carbocycles. The number of aromatic nitrogens is 3. The maximum absolute atomic E-state index is 13.3. The standard InChI is InChI=1S/C14H15F4N5O.ClH/c1-19-6-3-7-20-13(24)11-12(14(16,17)18)23(22-21-11)10-5-2-4-9(15)8-10;/h2,4-5,8,19H,3,6-7H2,1H3,(H,20,24);1H. The summed E-state index contributed by atoms with van der Waals surface area (Å²) in [5.74, 6) is -1.71. The van der Waals surface area contributed by atoms with Crippen LogP contribution in [0.3, 0.4) is 0 Å². The summed E-state index contributed by atoms with van der Waals surface area (Å²) in [6.45, 7) is 0.784. The smallest absolute Gasteiger partial charge is 0.351 e. The summed E-state index contributed by atoms with van der Waals surface area (Å²) in [6.07, 6.45) is -4.34. The first-order chi connectivity index (χ1) is 11.3. The molecular formula is C14H16ClF4N5O. The van der Waals surface area contributed by atoms with Crippen LogP contribution in [0.2, 0.25) is 0 Å². The highest BCUT2D eigenvalue weighted by atomic mass is 35.5. The van der Waals surface area contributed by atoms with Crippen LogP contribution in [0.25, 0.3) is 5.69 Å². The van der Waals surface area contributed by atoms with E-state index in [4.69, 9.17) is 0 Å². The molecule has 25 heavy (non-hydrogen) atoms. The number of amides is 1. The van der Waals surface area contributed by atoms with E-state index in [1.165, 1.54) is 12.1 Å². The maximum Gasteiger partial charge on any atom is 0.435 e. The molecule has 0 aliphatic heterocycles. The number of halogens is 5. The van der Waals surface area contributed by atoms with E-state index in [9.17, 15) is 22.4 Å². The molecule has 2 rings (SSSR count). The lowest BCUT2D eigenvalue weighted by Crippen LogP contribution is -2.29. The highest BCUT2D eigenvalue weighted by Gasteiger charge is 2.41. The fraction of sp³-hybridized carbons (Fsp3) is 0.357. The van der Waals surface area contributed by atoms with Gasteiger partial charge < -0.3 is 10.6 Å². The van der Waals surface area contributed by atoms with Crippen LogP contribution in [0.1, 0.15) is 22.6 Å². The molecule has 0 aliphatic rings. The zero-order valence-electron chi connectivity index (χ0n) is 13.1. The summed E-state index contributed by atoms with van der Waals surface area (Å²) in [4.78, 5) is 12.0. The number of benzene rings is 1. The van der Waals surface area contributed by atoms with E-state index in [2.05, 4.69) is 20.9 Å². The van der Waals surface area contributed by atoms with Gasteiger partial charge in [0.25, 0.3) is 5.91 Å². The summed E-state index contributed by atoms with van der Waals surface area (Å²) in [5, 5.41) is 11.9. The van der Waals surface area contributed by atoms with Crippen molar-refractivity contribution in [2.75, 3.05) is 20.1 Å². The van der Waals surface area contributed by atoms with Crippen molar-refractivity contribution in [2.45, 2.75) is 12.6 Å². The molecule has 138 valence electrons. The summed E-state index contributed by atoms with van der Waals surface area (Å²) in [7, 11) is 1.72. The average Bonchev–Trinajstić information content (AvgIpc) is 2.96. The van der Waals surface area contributed by atoms with Gasteiger partial charge in [0.05, 0.1) is 5.69 Å². The molecule has 1 amide bonds. The third-order valence-corrected chi connectivity index (χ3v) is 3.10. The van der Waals surface area contributed by atoms with Crippen LogP contribution in [0, 0.1) is 5.82 Å². The lowest BCUT2D eigenvalue weighted by Gasteiger charge is -2.11. The van der Waals surface area contributed by atoms with Gasteiger partial charge in [-0.15, -0.1) is 17.5 Å². The van der Waals surface area contributed by atoms with Crippen molar-refractivity contribution in [2.24, 2.45) is 0 Å². The Morgan fingerprint density at radius 3 is 2.60 bits per heavy atom. The van der Waals surface area contributed by atoms with Crippen LogP contribution in [0.4, 0.5) is 17.6 Å². The van der Waals surface area contributed by atoms with Crippen LogP contribution < -0.4 is 10.6 Å². The first kappa shape index (κ1) is 20.8. The first-order valence-electron chi connectivity index (χ1n) is 7.06. The fourth-order valence-corrected chi connectivity index (χ4v) is 2.03. The van der Waals surface area contributed by atoms with E-state index in [1.54, 1.807) is 7.05 Å². The van der Waals surface area contributed by atoms with Gasteiger partial charge >= 0.3 is 6.18 Å². The topological polar surface area (TPSA) is 71.8 Å². The van der Waals surface area contributed by atoms with E-state index in [1.807, 2.05) is 0 Å². The van der Waals surface area contributed by atoms with Crippen molar-refractivity contribution in [3.8, 4) is 5.69 Å². The van der Waals surface area contributed by atoms with Gasteiger partial charge in [0.15, 0.2) is 11.4 Å². The number of carbonyl (C=O) groups excluding carboxylic acids is 1. The largest absolute Gasteiger partial charge is 0.435 e. The van der Waals surface area contributed by atoms with Crippen molar-refractivity contribution in [3.05, 3.63) is 41.5 Å². The van der Waals surface area contributed by atoms with Gasteiger partial charge in [-0.3, -0.25) is 4.79 Å². The molecule has 0 unspecified atom stereocenters. The fourth-order valence-electron chi connectivity index (χ4n) is 2.03. The molecule has 0 radical (unpaired) electrons. The Bertz CT molecular complexity index is 719. The van der Waals surface area contributed by atoms with Crippen LogP contribution in [-0.2, 0) is 6.18 Å². The highest BCUT2D eigenvalue weighted by molar-refractivity contribution is 5.93. The Hall–Kier alpha value is -2.20. The monoisotopic (exact) mass is 381 g/mol. The zero-order valence-corrected chi connectivity index (χ0v) is 13.9. The highest BCUT2D eigenvalue weighted by Crippen LogP contribution is 2.32. The minimum atomic E-state index is -4.88. The van der Waals surface area contributed by atoms with Gasteiger partial charge in [0, 0.05) is 6.54 Å². The lowest BCUT2D eigenvalue weighted by molar-refractivity contribution is -0.143. The molecule has 1 heterocycles. The van der Waals surface area contributed by atoms with Crippen molar-refractivity contribution in [3.63, 3.8) is 0 Å². The zero-order chi connectivity index (χ0) is 17.7. The minimum absolute atomic E-state index is 0. The Labute approximate surface area is 147 Å². The van der Waals surface area contributed by atoms with Crippen molar-refractivity contribution < 1.29 is 22.4 Å². The van der Waals surface area contributed by atoms with Gasteiger partial charge in [-0.05, 0) is 38.2 Å². The Morgan fingerprint density at radius 1 is 1.28 bits per heavy atom. The van der Waals surface area contributed by atoms with Gasteiger partial charge in [0.2, 0.25) is 0 Å². The van der Waals surface area contributed by atoms with E-state index in [0.29, 0.717) is 17.6 Å². The Kier molecular flexibility index (Phi) is 7.31. The molecule has 0 saturated heterocycles. The maximum atomic E-state index is 13.3. The SMILES string of the molecule is CNCCCNC(=O)c1nnn(-c2cccc(F)c2)c1C(F)(F)F.Cl. The number of hydrogen-bond donors (Lipinski definition) is 2. The molecule has 1 aromatic carbocycles. The predicted molar refractivity (Wildman–Crippen MR) is 84.4 cm³/mol. The van der Waals surface area contributed by atoms with Gasteiger partial charge in [-0.1, -0.05) is 11.3 Å². The molecule has 0 aliphatic carbocycles. The van der Waals surface area contributed by atoms with Gasteiger partial charge in [-0.2, -0.15) is 13.2 Å². The average molecular weight is 382 g/mol. The van der Waals surface area contributed by atoms with Crippen LogP contribution in [0.15, 0.2) is 24.3 Å². The van der Waals surface area contributed by atoms with E-state index in [0.717, 1.165) is 12.1 Å². The summed E-state index contributed by atoms with van der Waals surface area (Å²) >= 11 is 0. The first-order valence-corrected chi connectivity index (χ1v) is 7.06. The van der Waals surface area contributed by atoms with Gasteiger partial charge in [-0.25, -0.2) is 9.07 Å². The number of nitrogens with zero attached hydrogens (tertiary/aromatic N) is 3. The number of hydrogen-bond acceptors (Lipinski definition) is 4. The molecular weight excluding hydrogens is 366 g/mol. The summed E-state index contributed by atoms with van der Waals surface area (Å²) < 4.78 is 53.7. The van der Waals surface area contributed by atoms with Crippen LogP contribution >= 0.6 is 12.4 Å². The summed E-state index contributed by atoms with van der Waals surface area (Å²) in [6, 6.07) is 4.44. The minimum Gasteiger partial charge on any atom is -0.351 e. The Balaban J connectivity index is 0.00000312. The molecule has 2 N–H and O–H groups in total. The molecule has 2 aromatic rings. The number of alkyl halides is 3. The van der Waals surface area contributed by atoms with Crippen molar-refractivity contribution >= 4 is 18.3 Å². The third-order valence-electron chi connectivity index (χ3n) is 3.10. The van der Waals surface area contributed by atoms with Crippen LogP contribution in [0.5, 0.6) is 0 Å². The number of rotatable bonds is 6. The van der Waals surface area contributed by atoms with E-state index >= 15 is 0 Å². The second-order valence-corrected chi connectivity index (χ2v) is 4.89. The van der Waals surface area contributed by atoms with Crippen molar-refractivity contribution in [1.29, 1.82) is 0 Å². The molecule has 11 heteroatoms. The van der Waals surface area contributed by atoms with Crippen LogP contribution in [-0.4, -0.2) is 41.0 Å². The molecule has 0 spiro atoms. The second-order valence-electron chi connectivity index (χ2n) is 4.89. The van der Waals surface area contributed by atoms with Gasteiger partial charge in [0.1, 0.15) is 5.82 Å². The van der Waals surface area contributed by atoms with E-state index < -0.39 is 29.3 Å². The Morgan fingerprint density at radius 2 is 2.00 bits per heavy atom.